The molecule has 1 atom stereocenters. The lowest BCUT2D eigenvalue weighted by Gasteiger charge is -2.32. The van der Waals surface area contributed by atoms with Crippen LogP contribution in [0.1, 0.15) is 0 Å². The number of morpholine rings is 1. The van der Waals surface area contributed by atoms with Crippen molar-refractivity contribution in [2.75, 3.05) is 54.0 Å². The van der Waals surface area contributed by atoms with Gasteiger partial charge in [0.05, 0.1) is 26.4 Å². The highest BCUT2D eigenvalue weighted by molar-refractivity contribution is 5.71. The average molecular weight is 216 g/mol. The molecule has 0 aromatic rings. The summed E-state index contributed by atoms with van der Waals surface area (Å²) in [6.45, 7) is 3.76. The van der Waals surface area contributed by atoms with Crippen LogP contribution >= 0.6 is 0 Å². The normalized spacial score (nSPS) is 23.1. The van der Waals surface area contributed by atoms with Crippen molar-refractivity contribution in [1.82, 2.24) is 9.80 Å². The predicted molar refractivity (Wildman–Crippen MR) is 56.8 cm³/mol. The summed E-state index contributed by atoms with van der Waals surface area (Å²) in [4.78, 5) is 15.2. The van der Waals surface area contributed by atoms with Crippen LogP contribution in [0.25, 0.3) is 0 Å². The quantitative estimate of drug-likeness (QED) is 0.588. The highest BCUT2D eigenvalue weighted by Crippen LogP contribution is 2.04. The second kappa shape index (κ2) is 6.05. The van der Waals surface area contributed by atoms with Gasteiger partial charge in [-0.25, -0.2) is 0 Å². The number of esters is 1. The number of hydrogen-bond donors (Lipinski definition) is 0. The molecule has 5 nitrogen and oxygen atoms in total. The number of carbonyl (C=O) groups excluding carboxylic acids is 1. The Morgan fingerprint density at radius 1 is 1.67 bits per heavy atom. The summed E-state index contributed by atoms with van der Waals surface area (Å²) in [5.41, 5.74) is 0. The number of carbonyl (C=O) groups is 1. The minimum atomic E-state index is -0.207. The summed E-state index contributed by atoms with van der Waals surface area (Å²) in [5, 5.41) is 0. The molecule has 0 bridgehead atoms. The maximum Gasteiger partial charge on any atom is 0.319 e. The van der Waals surface area contributed by atoms with Gasteiger partial charge in [0, 0.05) is 19.6 Å². The zero-order valence-electron chi connectivity index (χ0n) is 9.73. The van der Waals surface area contributed by atoms with Crippen LogP contribution in [0, 0.1) is 0 Å². The van der Waals surface area contributed by atoms with Gasteiger partial charge < -0.3 is 14.4 Å². The summed E-state index contributed by atoms with van der Waals surface area (Å²) in [7, 11) is 5.38. The Morgan fingerprint density at radius 2 is 2.40 bits per heavy atom. The van der Waals surface area contributed by atoms with Crippen molar-refractivity contribution in [1.29, 1.82) is 0 Å². The Bertz CT molecular complexity index is 211. The van der Waals surface area contributed by atoms with E-state index in [4.69, 9.17) is 4.74 Å². The van der Waals surface area contributed by atoms with Crippen molar-refractivity contribution in [3.8, 4) is 0 Å². The predicted octanol–water partition coefficient (Wildman–Crippen LogP) is -0.578. The first kappa shape index (κ1) is 12.4. The van der Waals surface area contributed by atoms with Crippen LogP contribution in [0.5, 0.6) is 0 Å². The van der Waals surface area contributed by atoms with Crippen LogP contribution in [0.2, 0.25) is 0 Å². The second-order valence-electron chi connectivity index (χ2n) is 4.03. The SMILES string of the molecule is COC(=O)CN(C)CC1CN(C)CCO1. The average Bonchev–Trinajstić information content (AvgIpc) is 2.17. The maximum atomic E-state index is 11.0. The fraction of sp³-hybridized carbons (Fsp3) is 0.900. The van der Waals surface area contributed by atoms with Crippen LogP contribution in [-0.4, -0.2) is 75.9 Å². The lowest BCUT2D eigenvalue weighted by Crippen LogP contribution is -2.46. The molecule has 0 radical (unpaired) electrons. The van der Waals surface area contributed by atoms with Crippen molar-refractivity contribution >= 4 is 5.97 Å². The van der Waals surface area contributed by atoms with Crippen molar-refractivity contribution in [3.05, 3.63) is 0 Å². The van der Waals surface area contributed by atoms with Gasteiger partial charge in [-0.1, -0.05) is 0 Å². The topological polar surface area (TPSA) is 42.0 Å². The molecular formula is C10H20N2O3. The minimum absolute atomic E-state index is 0.193. The van der Waals surface area contributed by atoms with E-state index in [1.54, 1.807) is 0 Å². The van der Waals surface area contributed by atoms with E-state index in [1.807, 2.05) is 11.9 Å². The van der Waals surface area contributed by atoms with Gasteiger partial charge >= 0.3 is 5.97 Å². The van der Waals surface area contributed by atoms with Crippen molar-refractivity contribution in [3.63, 3.8) is 0 Å². The Hall–Kier alpha value is -0.650. The van der Waals surface area contributed by atoms with E-state index < -0.39 is 0 Å². The van der Waals surface area contributed by atoms with Crippen LogP contribution in [0.3, 0.4) is 0 Å². The molecule has 1 saturated heterocycles. The zero-order valence-corrected chi connectivity index (χ0v) is 9.73. The Labute approximate surface area is 90.9 Å². The summed E-state index contributed by atoms with van der Waals surface area (Å²) >= 11 is 0. The molecule has 0 amide bonds. The molecule has 1 unspecified atom stereocenters. The lowest BCUT2D eigenvalue weighted by molar-refractivity contribution is -0.142. The second-order valence-corrected chi connectivity index (χ2v) is 4.03. The minimum Gasteiger partial charge on any atom is -0.468 e. The van der Waals surface area contributed by atoms with Crippen LogP contribution in [0.15, 0.2) is 0 Å². The van der Waals surface area contributed by atoms with Crippen molar-refractivity contribution in [2.45, 2.75) is 6.10 Å². The van der Waals surface area contributed by atoms with Gasteiger partial charge in [-0.2, -0.15) is 0 Å². The summed E-state index contributed by atoms with van der Waals surface area (Å²) in [6.07, 6.45) is 0.193. The zero-order chi connectivity index (χ0) is 11.3. The Kier molecular flexibility index (Phi) is 5.01. The van der Waals surface area contributed by atoms with E-state index in [1.165, 1.54) is 7.11 Å². The molecular weight excluding hydrogens is 196 g/mol. The highest BCUT2D eigenvalue weighted by atomic mass is 16.5. The number of ether oxygens (including phenoxy) is 2. The first-order valence-electron chi connectivity index (χ1n) is 5.17. The number of nitrogens with zero attached hydrogens (tertiary/aromatic N) is 2. The number of rotatable bonds is 4. The molecule has 1 fully saturated rings. The Balaban J connectivity index is 2.24. The molecule has 1 rings (SSSR count). The van der Waals surface area contributed by atoms with Gasteiger partial charge in [0.1, 0.15) is 0 Å². The molecule has 0 aromatic heterocycles. The third-order valence-corrected chi connectivity index (χ3v) is 2.48. The fourth-order valence-corrected chi connectivity index (χ4v) is 1.67. The van der Waals surface area contributed by atoms with E-state index >= 15 is 0 Å². The van der Waals surface area contributed by atoms with Crippen LogP contribution in [-0.2, 0) is 14.3 Å². The van der Waals surface area contributed by atoms with E-state index in [2.05, 4.69) is 16.7 Å². The highest BCUT2D eigenvalue weighted by Gasteiger charge is 2.19. The molecule has 0 spiro atoms. The Morgan fingerprint density at radius 3 is 3.00 bits per heavy atom. The summed E-state index contributed by atoms with van der Waals surface area (Å²) in [5.74, 6) is -0.207. The fourth-order valence-electron chi connectivity index (χ4n) is 1.67. The number of methoxy groups -OCH3 is 1. The molecule has 5 heteroatoms. The summed E-state index contributed by atoms with van der Waals surface area (Å²) < 4.78 is 10.2. The maximum absolute atomic E-state index is 11.0. The van der Waals surface area contributed by atoms with E-state index in [-0.39, 0.29) is 12.1 Å². The number of likely N-dealkylation sites (N-methyl/N-ethyl adjacent to an activating group) is 2. The van der Waals surface area contributed by atoms with Gasteiger partial charge in [-0.15, -0.1) is 0 Å². The molecule has 15 heavy (non-hydrogen) atoms. The van der Waals surface area contributed by atoms with E-state index in [0.717, 1.165) is 26.2 Å². The lowest BCUT2D eigenvalue weighted by atomic mass is 10.2. The molecule has 1 aliphatic rings. The van der Waals surface area contributed by atoms with Crippen molar-refractivity contribution < 1.29 is 14.3 Å². The smallest absolute Gasteiger partial charge is 0.319 e. The van der Waals surface area contributed by atoms with Gasteiger partial charge in [-0.05, 0) is 14.1 Å². The van der Waals surface area contributed by atoms with Gasteiger partial charge in [-0.3, -0.25) is 9.69 Å². The van der Waals surface area contributed by atoms with Crippen LogP contribution < -0.4 is 0 Å². The standard InChI is InChI=1S/C10H20N2O3/c1-11-4-5-15-9(6-11)7-12(2)8-10(13)14-3/h9H,4-8H2,1-3H3. The molecule has 0 aromatic carbocycles. The molecule has 1 aliphatic heterocycles. The van der Waals surface area contributed by atoms with E-state index in [9.17, 15) is 4.79 Å². The van der Waals surface area contributed by atoms with E-state index in [0.29, 0.717) is 6.54 Å². The van der Waals surface area contributed by atoms with Crippen molar-refractivity contribution in [2.24, 2.45) is 0 Å². The third-order valence-electron chi connectivity index (χ3n) is 2.48. The monoisotopic (exact) mass is 216 g/mol. The summed E-state index contributed by atoms with van der Waals surface area (Å²) in [6, 6.07) is 0. The molecule has 0 saturated carbocycles. The van der Waals surface area contributed by atoms with Gasteiger partial charge in [0.25, 0.3) is 0 Å². The third kappa shape index (κ3) is 4.59. The van der Waals surface area contributed by atoms with Crippen LogP contribution in [0.4, 0.5) is 0 Å². The number of hydrogen-bond acceptors (Lipinski definition) is 5. The first-order chi connectivity index (χ1) is 7.11. The molecule has 1 heterocycles. The molecule has 0 aliphatic carbocycles. The largest absolute Gasteiger partial charge is 0.468 e. The van der Waals surface area contributed by atoms with Gasteiger partial charge in [0.15, 0.2) is 0 Å². The molecule has 0 N–H and O–H groups in total. The first-order valence-corrected chi connectivity index (χ1v) is 5.17. The van der Waals surface area contributed by atoms with Gasteiger partial charge in [0.2, 0.25) is 0 Å². The molecule has 88 valence electrons.